The average Bonchev–Trinajstić information content (AvgIpc) is 2.79. The Morgan fingerprint density at radius 1 is 0.939 bits per heavy atom. The highest BCUT2D eigenvalue weighted by Gasteiger charge is 2.27. The Balaban J connectivity index is 1.64. The molecule has 0 aliphatic carbocycles. The van der Waals surface area contributed by atoms with E-state index in [-0.39, 0.29) is 17.3 Å². The zero-order valence-corrected chi connectivity index (χ0v) is 21.0. The van der Waals surface area contributed by atoms with Crippen LogP contribution in [0.25, 0.3) is 0 Å². The Hall–Kier alpha value is -2.48. The number of carbonyl (C=O) groups excluding carboxylic acids is 1. The minimum Gasteiger partial charge on any atom is -0.354 e. The number of nitrogens with one attached hydrogen (secondary N) is 1. The van der Waals surface area contributed by atoms with E-state index >= 15 is 0 Å². The molecule has 0 fully saturated rings. The zero-order chi connectivity index (χ0) is 23.8. The molecule has 0 unspecified atom stereocenters. The van der Waals surface area contributed by atoms with Crippen LogP contribution in [0, 0.1) is 13.8 Å². The summed E-state index contributed by atoms with van der Waals surface area (Å²) in [5, 5.41) is 3.55. The van der Waals surface area contributed by atoms with Crippen molar-refractivity contribution in [1.82, 2.24) is 5.32 Å². The SMILES string of the molecule is Cc1ccc(N(CC(=O)NCCSCc2ccccc2Cl)S(=O)(=O)c2ccc(C)cc2)cc1. The number of hydrogen-bond acceptors (Lipinski definition) is 4. The van der Waals surface area contributed by atoms with Crippen LogP contribution in [0.3, 0.4) is 0 Å². The van der Waals surface area contributed by atoms with Crippen LogP contribution < -0.4 is 9.62 Å². The number of halogens is 1. The number of aryl methyl sites for hydroxylation is 2. The van der Waals surface area contributed by atoms with Crippen molar-refractivity contribution in [2.24, 2.45) is 0 Å². The maximum atomic E-state index is 13.4. The summed E-state index contributed by atoms with van der Waals surface area (Å²) in [4.78, 5) is 12.8. The van der Waals surface area contributed by atoms with E-state index in [4.69, 9.17) is 11.6 Å². The Morgan fingerprint density at radius 2 is 1.55 bits per heavy atom. The number of amides is 1. The molecule has 0 spiro atoms. The van der Waals surface area contributed by atoms with E-state index in [1.807, 2.05) is 50.2 Å². The number of hydrogen-bond donors (Lipinski definition) is 1. The van der Waals surface area contributed by atoms with Gasteiger partial charge in [-0.25, -0.2) is 8.42 Å². The Labute approximate surface area is 205 Å². The van der Waals surface area contributed by atoms with E-state index in [0.717, 1.165) is 31.8 Å². The maximum absolute atomic E-state index is 13.4. The molecule has 3 aromatic carbocycles. The number of sulfonamides is 1. The largest absolute Gasteiger partial charge is 0.354 e. The fourth-order valence-corrected chi connectivity index (χ4v) is 5.68. The molecule has 5 nitrogen and oxygen atoms in total. The minimum absolute atomic E-state index is 0.150. The molecule has 0 aromatic heterocycles. The van der Waals surface area contributed by atoms with Crippen LogP contribution >= 0.6 is 23.4 Å². The Kier molecular flexibility index (Phi) is 8.83. The van der Waals surface area contributed by atoms with Gasteiger partial charge in [-0.2, -0.15) is 11.8 Å². The third-order valence-corrected chi connectivity index (χ3v) is 8.17. The van der Waals surface area contributed by atoms with Gasteiger partial charge in [0, 0.05) is 23.1 Å². The summed E-state index contributed by atoms with van der Waals surface area (Å²) in [6, 6.07) is 21.4. The third kappa shape index (κ3) is 7.00. The minimum atomic E-state index is -3.90. The van der Waals surface area contributed by atoms with Gasteiger partial charge in [-0.05, 0) is 49.7 Å². The second-order valence-corrected chi connectivity index (χ2v) is 11.0. The third-order valence-electron chi connectivity index (χ3n) is 5.00. The molecular formula is C25H27ClN2O3S2. The predicted molar refractivity (Wildman–Crippen MR) is 138 cm³/mol. The number of thioether (sulfide) groups is 1. The zero-order valence-electron chi connectivity index (χ0n) is 18.6. The lowest BCUT2D eigenvalue weighted by Crippen LogP contribution is -2.41. The Bertz CT molecular complexity index is 1180. The molecule has 0 atom stereocenters. The van der Waals surface area contributed by atoms with Crippen LogP contribution in [0.4, 0.5) is 5.69 Å². The van der Waals surface area contributed by atoms with Gasteiger partial charge in [-0.1, -0.05) is 65.2 Å². The molecule has 1 N–H and O–H groups in total. The molecule has 3 rings (SSSR count). The van der Waals surface area contributed by atoms with Crippen molar-refractivity contribution in [2.75, 3.05) is 23.1 Å². The van der Waals surface area contributed by atoms with Crippen molar-refractivity contribution in [3.63, 3.8) is 0 Å². The van der Waals surface area contributed by atoms with Gasteiger partial charge in [0.15, 0.2) is 0 Å². The quantitative estimate of drug-likeness (QED) is 0.387. The van der Waals surface area contributed by atoms with Crippen molar-refractivity contribution in [1.29, 1.82) is 0 Å². The number of anilines is 1. The van der Waals surface area contributed by atoms with E-state index in [0.29, 0.717) is 18.0 Å². The lowest BCUT2D eigenvalue weighted by molar-refractivity contribution is -0.119. The second kappa shape index (κ2) is 11.6. The number of carbonyl (C=O) groups is 1. The highest BCUT2D eigenvalue weighted by Crippen LogP contribution is 2.24. The van der Waals surface area contributed by atoms with Crippen LogP contribution in [0.15, 0.2) is 77.7 Å². The first-order valence-corrected chi connectivity index (χ1v) is 13.5. The molecule has 0 saturated heterocycles. The van der Waals surface area contributed by atoms with Crippen molar-refractivity contribution < 1.29 is 13.2 Å². The first kappa shape index (κ1) is 25.1. The molecule has 0 aliphatic rings. The molecule has 8 heteroatoms. The van der Waals surface area contributed by atoms with Crippen molar-refractivity contribution in [2.45, 2.75) is 24.5 Å². The van der Waals surface area contributed by atoms with E-state index in [2.05, 4.69) is 5.32 Å². The molecule has 33 heavy (non-hydrogen) atoms. The van der Waals surface area contributed by atoms with Crippen LogP contribution in [-0.4, -0.2) is 33.2 Å². The van der Waals surface area contributed by atoms with Crippen molar-refractivity contribution in [3.05, 3.63) is 94.5 Å². The van der Waals surface area contributed by atoms with Crippen molar-refractivity contribution in [3.8, 4) is 0 Å². The summed E-state index contributed by atoms with van der Waals surface area (Å²) in [5.74, 6) is 1.07. The molecule has 0 radical (unpaired) electrons. The molecule has 0 saturated carbocycles. The highest BCUT2D eigenvalue weighted by molar-refractivity contribution is 7.98. The van der Waals surface area contributed by atoms with E-state index in [9.17, 15) is 13.2 Å². The van der Waals surface area contributed by atoms with Crippen molar-refractivity contribution >= 4 is 45.0 Å². The maximum Gasteiger partial charge on any atom is 0.264 e. The van der Waals surface area contributed by atoms with Gasteiger partial charge in [0.05, 0.1) is 10.6 Å². The molecule has 0 aliphatic heterocycles. The van der Waals surface area contributed by atoms with E-state index < -0.39 is 10.0 Å². The summed E-state index contributed by atoms with van der Waals surface area (Å²) in [6.07, 6.45) is 0. The molecule has 0 heterocycles. The van der Waals surface area contributed by atoms with E-state index in [1.165, 1.54) is 0 Å². The average molecular weight is 503 g/mol. The number of rotatable bonds is 10. The van der Waals surface area contributed by atoms with Gasteiger partial charge in [-0.3, -0.25) is 9.10 Å². The summed E-state index contributed by atoms with van der Waals surface area (Å²) in [6.45, 7) is 3.95. The molecule has 0 bridgehead atoms. The van der Waals surface area contributed by atoms with E-state index in [1.54, 1.807) is 48.2 Å². The van der Waals surface area contributed by atoms with Crippen LogP contribution in [-0.2, 0) is 20.6 Å². The van der Waals surface area contributed by atoms with Gasteiger partial charge < -0.3 is 5.32 Å². The monoisotopic (exact) mass is 502 g/mol. The van der Waals surface area contributed by atoms with Gasteiger partial charge in [0.25, 0.3) is 10.0 Å². The van der Waals surface area contributed by atoms with Gasteiger partial charge in [0.2, 0.25) is 5.91 Å². The standard InChI is InChI=1S/C25H27ClN2O3S2/c1-19-7-11-22(12-8-19)28(33(30,31)23-13-9-20(2)10-14-23)17-25(29)27-15-16-32-18-21-5-3-4-6-24(21)26/h3-14H,15-18H2,1-2H3,(H,27,29). The number of benzene rings is 3. The lowest BCUT2D eigenvalue weighted by Gasteiger charge is -2.24. The van der Waals surface area contributed by atoms with Gasteiger partial charge >= 0.3 is 0 Å². The fourth-order valence-electron chi connectivity index (χ4n) is 3.11. The summed E-state index contributed by atoms with van der Waals surface area (Å²) < 4.78 is 27.9. The Morgan fingerprint density at radius 3 is 2.18 bits per heavy atom. The molecule has 1 amide bonds. The summed E-state index contributed by atoms with van der Waals surface area (Å²) in [7, 11) is -3.90. The lowest BCUT2D eigenvalue weighted by atomic mass is 10.2. The predicted octanol–water partition coefficient (Wildman–Crippen LogP) is 5.20. The van der Waals surface area contributed by atoms with Crippen LogP contribution in [0.1, 0.15) is 16.7 Å². The summed E-state index contributed by atoms with van der Waals surface area (Å²) in [5.41, 5.74) is 3.46. The topological polar surface area (TPSA) is 66.5 Å². The molecular weight excluding hydrogens is 476 g/mol. The highest BCUT2D eigenvalue weighted by atomic mass is 35.5. The fraction of sp³-hybridized carbons (Fsp3) is 0.240. The normalized spacial score (nSPS) is 11.2. The van der Waals surface area contributed by atoms with Crippen LogP contribution in [0.5, 0.6) is 0 Å². The number of nitrogens with zero attached hydrogens (tertiary/aromatic N) is 1. The molecule has 3 aromatic rings. The first-order valence-electron chi connectivity index (χ1n) is 10.5. The van der Waals surface area contributed by atoms with Crippen LogP contribution in [0.2, 0.25) is 5.02 Å². The smallest absolute Gasteiger partial charge is 0.264 e. The second-order valence-electron chi connectivity index (χ2n) is 7.65. The first-order chi connectivity index (χ1) is 15.8. The van der Waals surface area contributed by atoms with Gasteiger partial charge in [-0.15, -0.1) is 0 Å². The molecule has 174 valence electrons. The van der Waals surface area contributed by atoms with Gasteiger partial charge in [0.1, 0.15) is 6.54 Å². The summed E-state index contributed by atoms with van der Waals surface area (Å²) >= 11 is 7.82.